The fourth-order valence-electron chi connectivity index (χ4n) is 3.40. The Morgan fingerprint density at radius 1 is 1.28 bits per heavy atom. The SMILES string of the molecule is Cc1nc2n(C)c3c(ncn3C3O[C@H](CO)[C@@H](O)[C@H]3O)c(=O)n2c1C. The van der Waals surface area contributed by atoms with Crippen molar-refractivity contribution in [2.24, 2.45) is 7.05 Å². The van der Waals surface area contributed by atoms with Crippen molar-refractivity contribution >= 4 is 16.9 Å². The normalized spacial score (nSPS) is 27.0. The van der Waals surface area contributed by atoms with E-state index in [9.17, 15) is 20.1 Å². The predicted octanol–water partition coefficient (Wildman–Crippen LogP) is -1.39. The van der Waals surface area contributed by atoms with Crippen molar-refractivity contribution < 1.29 is 20.1 Å². The molecule has 0 amide bonds. The highest BCUT2D eigenvalue weighted by atomic mass is 16.6. The van der Waals surface area contributed by atoms with Crippen LogP contribution in [0.15, 0.2) is 11.1 Å². The molecule has 10 heteroatoms. The van der Waals surface area contributed by atoms with E-state index in [0.717, 1.165) is 11.4 Å². The zero-order chi connectivity index (χ0) is 18.0. The van der Waals surface area contributed by atoms with Gasteiger partial charge < -0.3 is 20.1 Å². The molecule has 4 atom stereocenters. The summed E-state index contributed by atoms with van der Waals surface area (Å²) in [5.74, 6) is 0.445. The van der Waals surface area contributed by atoms with Gasteiger partial charge in [-0.05, 0) is 13.8 Å². The topological polar surface area (TPSA) is 127 Å². The molecule has 4 rings (SSSR count). The molecule has 1 aliphatic heterocycles. The number of rotatable bonds is 2. The van der Waals surface area contributed by atoms with Crippen molar-refractivity contribution in [3.63, 3.8) is 0 Å². The van der Waals surface area contributed by atoms with Crippen LogP contribution in [-0.4, -0.2) is 63.7 Å². The van der Waals surface area contributed by atoms with Gasteiger partial charge in [0.1, 0.15) is 18.3 Å². The van der Waals surface area contributed by atoms with Crippen LogP contribution in [0, 0.1) is 13.8 Å². The third kappa shape index (κ3) is 2.02. The standard InChI is InChI=1S/C15H19N5O5/c1-6-7(2)20-13(24)9-12(18(3)15(20)17-6)19(5-16-9)14-11(23)10(22)8(4-21)25-14/h5,8,10-11,14,21-23H,4H2,1-3H3/t8-,10-,11-,14?/m1/s1. The van der Waals surface area contributed by atoms with Gasteiger partial charge in [0.15, 0.2) is 17.4 Å². The molecule has 0 saturated carbocycles. The van der Waals surface area contributed by atoms with Gasteiger partial charge in [0, 0.05) is 12.7 Å². The lowest BCUT2D eigenvalue weighted by molar-refractivity contribution is -0.0512. The first-order valence-corrected chi connectivity index (χ1v) is 7.90. The number of aryl methyl sites for hydroxylation is 3. The molecule has 0 spiro atoms. The molecule has 0 radical (unpaired) electrons. The van der Waals surface area contributed by atoms with Crippen LogP contribution in [0.3, 0.4) is 0 Å². The number of ether oxygens (including phenoxy) is 1. The van der Waals surface area contributed by atoms with Gasteiger partial charge >= 0.3 is 0 Å². The van der Waals surface area contributed by atoms with E-state index in [4.69, 9.17) is 4.74 Å². The molecule has 134 valence electrons. The fraction of sp³-hybridized carbons (Fsp3) is 0.533. The summed E-state index contributed by atoms with van der Waals surface area (Å²) < 4.78 is 10.2. The number of aliphatic hydroxyl groups excluding tert-OH is 3. The first-order valence-electron chi connectivity index (χ1n) is 7.90. The zero-order valence-corrected chi connectivity index (χ0v) is 14.0. The van der Waals surface area contributed by atoms with Gasteiger partial charge in [0.2, 0.25) is 5.78 Å². The van der Waals surface area contributed by atoms with Crippen LogP contribution in [0.2, 0.25) is 0 Å². The third-order valence-electron chi connectivity index (χ3n) is 4.91. The first-order chi connectivity index (χ1) is 11.9. The van der Waals surface area contributed by atoms with Crippen molar-refractivity contribution in [3.05, 3.63) is 28.1 Å². The first kappa shape index (κ1) is 16.2. The van der Waals surface area contributed by atoms with Gasteiger partial charge in [0.25, 0.3) is 5.56 Å². The Kier molecular flexibility index (Phi) is 3.48. The van der Waals surface area contributed by atoms with Crippen molar-refractivity contribution in [2.75, 3.05) is 6.61 Å². The van der Waals surface area contributed by atoms with Crippen LogP contribution in [-0.2, 0) is 11.8 Å². The molecular formula is C15H19N5O5. The Hall–Kier alpha value is -2.27. The Labute approximate surface area is 141 Å². The van der Waals surface area contributed by atoms with Crippen molar-refractivity contribution in [3.8, 4) is 0 Å². The van der Waals surface area contributed by atoms with Crippen LogP contribution in [0.1, 0.15) is 17.6 Å². The van der Waals surface area contributed by atoms with Gasteiger partial charge in [-0.3, -0.25) is 13.9 Å². The molecule has 0 aliphatic carbocycles. The van der Waals surface area contributed by atoms with Gasteiger partial charge in [-0.1, -0.05) is 0 Å². The Morgan fingerprint density at radius 2 is 2.00 bits per heavy atom. The largest absolute Gasteiger partial charge is 0.394 e. The maximum Gasteiger partial charge on any atom is 0.287 e. The van der Waals surface area contributed by atoms with E-state index < -0.39 is 31.1 Å². The van der Waals surface area contributed by atoms with Crippen LogP contribution in [0.5, 0.6) is 0 Å². The van der Waals surface area contributed by atoms with Gasteiger partial charge in [-0.2, -0.15) is 0 Å². The molecule has 10 nitrogen and oxygen atoms in total. The summed E-state index contributed by atoms with van der Waals surface area (Å²) in [6, 6.07) is 0. The minimum absolute atomic E-state index is 0.202. The zero-order valence-electron chi connectivity index (χ0n) is 14.0. The molecule has 25 heavy (non-hydrogen) atoms. The van der Waals surface area contributed by atoms with Crippen molar-refractivity contribution in [1.29, 1.82) is 0 Å². The van der Waals surface area contributed by atoms with E-state index in [2.05, 4.69) is 9.97 Å². The molecule has 3 aromatic heterocycles. The lowest BCUT2D eigenvalue weighted by atomic mass is 10.1. The molecule has 1 unspecified atom stereocenters. The van der Waals surface area contributed by atoms with E-state index in [1.807, 2.05) is 13.8 Å². The summed E-state index contributed by atoms with van der Waals surface area (Å²) in [5.41, 5.74) is 1.78. The second-order valence-corrected chi connectivity index (χ2v) is 6.34. The highest BCUT2D eigenvalue weighted by molar-refractivity contribution is 5.73. The van der Waals surface area contributed by atoms with Gasteiger partial charge in [-0.25, -0.2) is 14.4 Å². The van der Waals surface area contributed by atoms with Crippen LogP contribution in [0.25, 0.3) is 16.9 Å². The smallest absolute Gasteiger partial charge is 0.287 e. The number of hydrogen-bond donors (Lipinski definition) is 3. The molecule has 3 aromatic rings. The average molecular weight is 349 g/mol. The molecule has 3 N–H and O–H groups in total. The van der Waals surface area contributed by atoms with E-state index in [1.165, 1.54) is 15.3 Å². The summed E-state index contributed by atoms with van der Waals surface area (Å²) in [6.07, 6.45) is -2.99. The Balaban J connectivity index is 1.99. The lowest BCUT2D eigenvalue weighted by Gasteiger charge is -2.18. The number of hydrogen-bond acceptors (Lipinski definition) is 7. The Bertz CT molecular complexity index is 1030. The van der Waals surface area contributed by atoms with Gasteiger partial charge in [-0.15, -0.1) is 0 Å². The van der Waals surface area contributed by atoms with Gasteiger partial charge in [0.05, 0.1) is 18.6 Å². The molecule has 0 bridgehead atoms. The molecule has 4 heterocycles. The average Bonchev–Trinajstić information content (AvgIpc) is 3.23. The summed E-state index contributed by atoms with van der Waals surface area (Å²) in [5, 5.41) is 29.5. The van der Waals surface area contributed by atoms with Crippen LogP contribution in [0.4, 0.5) is 0 Å². The number of nitrogens with zero attached hydrogens (tertiary/aromatic N) is 5. The monoisotopic (exact) mass is 349 g/mol. The van der Waals surface area contributed by atoms with Crippen molar-refractivity contribution in [1.82, 2.24) is 23.5 Å². The quantitative estimate of drug-likeness (QED) is 0.520. The van der Waals surface area contributed by atoms with Crippen molar-refractivity contribution in [2.45, 2.75) is 38.4 Å². The summed E-state index contributed by atoms with van der Waals surface area (Å²) in [4.78, 5) is 21.4. The Morgan fingerprint density at radius 3 is 2.64 bits per heavy atom. The maximum absolute atomic E-state index is 12.8. The number of aliphatic hydroxyl groups is 3. The summed E-state index contributed by atoms with van der Waals surface area (Å²) >= 11 is 0. The van der Waals surface area contributed by atoms with E-state index in [0.29, 0.717) is 11.4 Å². The molecular weight excluding hydrogens is 330 g/mol. The maximum atomic E-state index is 12.8. The summed E-state index contributed by atoms with van der Waals surface area (Å²) in [7, 11) is 1.74. The highest BCUT2D eigenvalue weighted by Crippen LogP contribution is 2.31. The second kappa shape index (κ2) is 5.36. The lowest BCUT2D eigenvalue weighted by Crippen LogP contribution is -2.33. The molecule has 1 saturated heterocycles. The second-order valence-electron chi connectivity index (χ2n) is 6.34. The van der Waals surface area contributed by atoms with E-state index >= 15 is 0 Å². The predicted molar refractivity (Wildman–Crippen MR) is 86.2 cm³/mol. The van der Waals surface area contributed by atoms with E-state index in [1.54, 1.807) is 11.6 Å². The number of aromatic nitrogens is 5. The number of imidazole rings is 2. The number of fused-ring (bicyclic) bond motifs is 2. The minimum Gasteiger partial charge on any atom is -0.394 e. The fourth-order valence-corrected chi connectivity index (χ4v) is 3.40. The molecule has 1 aliphatic rings. The van der Waals surface area contributed by atoms with E-state index in [-0.39, 0.29) is 11.1 Å². The molecule has 0 aromatic carbocycles. The minimum atomic E-state index is -1.26. The van der Waals surface area contributed by atoms with Crippen LogP contribution >= 0.6 is 0 Å². The van der Waals surface area contributed by atoms with Crippen LogP contribution < -0.4 is 5.56 Å². The summed E-state index contributed by atoms with van der Waals surface area (Å²) in [6.45, 7) is 3.20. The molecule has 1 fully saturated rings. The highest BCUT2D eigenvalue weighted by Gasteiger charge is 2.44. The third-order valence-corrected chi connectivity index (χ3v) is 4.91.